The van der Waals surface area contributed by atoms with Crippen LogP contribution in [0.3, 0.4) is 0 Å². The highest BCUT2D eigenvalue weighted by molar-refractivity contribution is 8.01. The first-order valence-electron chi connectivity index (χ1n) is 18.7. The second kappa shape index (κ2) is 22.3. The van der Waals surface area contributed by atoms with Crippen LogP contribution in [0.1, 0.15) is 192 Å². The molecule has 0 heterocycles. The molecule has 1 heteroatoms. The normalized spacial score (nSPS) is 12.2. The lowest BCUT2D eigenvalue weighted by molar-refractivity contribution is 0.555. The van der Waals surface area contributed by atoms with Crippen molar-refractivity contribution < 1.29 is 0 Å². The predicted molar refractivity (Wildman–Crippen MR) is 198 cm³/mol. The molecule has 0 N–H and O–H groups in total. The summed E-state index contributed by atoms with van der Waals surface area (Å²) >= 11 is 2.16. The molecule has 43 heavy (non-hydrogen) atoms. The van der Waals surface area contributed by atoms with Crippen molar-refractivity contribution in [1.29, 1.82) is 0 Å². The fourth-order valence-electron chi connectivity index (χ4n) is 7.00. The molecule has 0 saturated heterocycles. The van der Waals surface area contributed by atoms with Crippen molar-refractivity contribution in [2.75, 3.05) is 0 Å². The summed E-state index contributed by atoms with van der Waals surface area (Å²) in [5.41, 5.74) is 6.20. The Morgan fingerprint density at radius 1 is 0.395 bits per heavy atom. The molecule has 0 aliphatic carbocycles. The molecular formula is C42H70S. The van der Waals surface area contributed by atoms with E-state index in [2.05, 4.69) is 102 Å². The summed E-state index contributed by atoms with van der Waals surface area (Å²) in [4.78, 5) is 0. The molecule has 2 rings (SSSR count). The highest BCUT2D eigenvalue weighted by Crippen LogP contribution is 2.50. The number of unbranched alkanes of at least 4 members (excludes halogenated alkanes) is 18. The maximum atomic E-state index is 2.46. The van der Waals surface area contributed by atoms with E-state index >= 15 is 0 Å². The largest absolute Gasteiger partial charge is 0.140 e. The van der Waals surface area contributed by atoms with Crippen LogP contribution in [0.4, 0.5) is 0 Å². The molecule has 0 amide bonds. The number of hydrogen-bond donors (Lipinski definition) is 0. The van der Waals surface area contributed by atoms with Crippen LogP contribution in [0.2, 0.25) is 0 Å². The van der Waals surface area contributed by atoms with E-state index in [1.807, 2.05) is 0 Å². The van der Waals surface area contributed by atoms with Gasteiger partial charge >= 0.3 is 0 Å². The smallest absolute Gasteiger partial charge is 0.0363 e. The lowest BCUT2D eigenvalue weighted by Gasteiger charge is -2.37. The molecule has 0 fully saturated rings. The van der Waals surface area contributed by atoms with E-state index < -0.39 is 0 Å². The van der Waals surface area contributed by atoms with Gasteiger partial charge < -0.3 is 0 Å². The van der Waals surface area contributed by atoms with Crippen molar-refractivity contribution in [3.63, 3.8) is 0 Å². The van der Waals surface area contributed by atoms with Crippen LogP contribution in [0.15, 0.2) is 48.5 Å². The Morgan fingerprint density at radius 2 is 0.674 bits per heavy atom. The Labute approximate surface area is 274 Å². The standard InChI is InChI=1S/C42H70S/c1-7-9-11-13-15-17-19-21-23-25-31-37-33-27-29-35-39(37)41(3,4)43-42(5,6)40-36-30-28-34-38(40)32-26-24-22-20-18-16-14-12-10-8-2/h27-30,33-36H,7-26,31-32H2,1-6H3. The summed E-state index contributed by atoms with van der Waals surface area (Å²) < 4.78 is 0.117. The SMILES string of the molecule is CCCCCCCCCCCCc1ccccc1C(C)(C)SC(C)(C)c1ccccc1CCCCCCCCCCCC. The van der Waals surface area contributed by atoms with Gasteiger partial charge in [-0.05, 0) is 75.6 Å². The molecule has 0 radical (unpaired) electrons. The quantitative estimate of drug-likeness (QED) is 0.0960. The lowest BCUT2D eigenvalue weighted by Crippen LogP contribution is -2.25. The van der Waals surface area contributed by atoms with E-state index in [-0.39, 0.29) is 9.49 Å². The Morgan fingerprint density at radius 3 is 1.00 bits per heavy atom. The summed E-state index contributed by atoms with van der Waals surface area (Å²) in [5.74, 6) is 0. The van der Waals surface area contributed by atoms with Crippen molar-refractivity contribution in [1.82, 2.24) is 0 Å². The average molecular weight is 607 g/mol. The maximum absolute atomic E-state index is 2.46. The van der Waals surface area contributed by atoms with Gasteiger partial charge in [-0.15, -0.1) is 11.8 Å². The topological polar surface area (TPSA) is 0 Å². The lowest BCUT2D eigenvalue weighted by atomic mass is 9.92. The fourth-order valence-corrected chi connectivity index (χ4v) is 8.90. The summed E-state index contributed by atoms with van der Waals surface area (Å²) in [5, 5.41) is 0. The maximum Gasteiger partial charge on any atom is 0.0363 e. The van der Waals surface area contributed by atoms with Gasteiger partial charge in [0.05, 0.1) is 0 Å². The van der Waals surface area contributed by atoms with E-state index in [1.165, 1.54) is 152 Å². The summed E-state index contributed by atoms with van der Waals surface area (Å²) in [6.45, 7) is 14.4. The summed E-state index contributed by atoms with van der Waals surface area (Å²) in [6.07, 6.45) is 30.4. The fraction of sp³-hybridized carbons (Fsp3) is 0.714. The highest BCUT2D eigenvalue weighted by atomic mass is 32.2. The summed E-state index contributed by atoms with van der Waals surface area (Å²) in [7, 11) is 0. The van der Waals surface area contributed by atoms with Gasteiger partial charge in [-0.25, -0.2) is 0 Å². The van der Waals surface area contributed by atoms with Gasteiger partial charge in [0.15, 0.2) is 0 Å². The van der Waals surface area contributed by atoms with Crippen molar-refractivity contribution in [3.05, 3.63) is 70.8 Å². The third-order valence-electron chi connectivity index (χ3n) is 9.44. The number of hydrogen-bond acceptors (Lipinski definition) is 1. The number of aryl methyl sites for hydroxylation is 2. The van der Waals surface area contributed by atoms with Crippen LogP contribution in [-0.2, 0) is 22.3 Å². The van der Waals surface area contributed by atoms with Crippen LogP contribution in [0.25, 0.3) is 0 Å². The van der Waals surface area contributed by atoms with E-state index in [4.69, 9.17) is 0 Å². The van der Waals surface area contributed by atoms with Crippen LogP contribution >= 0.6 is 11.8 Å². The minimum Gasteiger partial charge on any atom is -0.140 e. The van der Waals surface area contributed by atoms with Gasteiger partial charge in [-0.3, -0.25) is 0 Å². The molecule has 0 aliphatic rings. The van der Waals surface area contributed by atoms with Crippen LogP contribution in [-0.4, -0.2) is 0 Å². The molecule has 0 saturated carbocycles. The molecular weight excluding hydrogens is 537 g/mol. The average Bonchev–Trinajstić information content (AvgIpc) is 2.99. The Hall–Kier alpha value is -1.21. The third kappa shape index (κ3) is 15.6. The van der Waals surface area contributed by atoms with Gasteiger partial charge in [-0.1, -0.05) is 178 Å². The molecule has 0 aliphatic heterocycles. The molecule has 2 aromatic carbocycles. The number of thioether (sulfide) groups is 1. The Kier molecular flexibility index (Phi) is 19.7. The Balaban J connectivity index is 1.86. The van der Waals surface area contributed by atoms with Gasteiger partial charge in [0.1, 0.15) is 0 Å². The van der Waals surface area contributed by atoms with E-state index in [0.717, 1.165) is 0 Å². The number of benzene rings is 2. The van der Waals surface area contributed by atoms with E-state index in [0.29, 0.717) is 0 Å². The Bertz CT molecular complexity index is 877. The molecule has 0 spiro atoms. The van der Waals surface area contributed by atoms with E-state index in [1.54, 1.807) is 11.1 Å². The minimum atomic E-state index is 0.0584. The van der Waals surface area contributed by atoms with Gasteiger partial charge in [-0.2, -0.15) is 0 Å². The predicted octanol–water partition coefficient (Wildman–Crippen LogP) is 14.5. The monoisotopic (exact) mass is 607 g/mol. The zero-order valence-electron chi connectivity index (χ0n) is 29.6. The van der Waals surface area contributed by atoms with Crippen LogP contribution in [0, 0.1) is 0 Å². The van der Waals surface area contributed by atoms with Crippen molar-refractivity contribution >= 4 is 11.8 Å². The molecule has 0 nitrogen and oxygen atoms in total. The number of rotatable bonds is 26. The molecule has 244 valence electrons. The van der Waals surface area contributed by atoms with Gasteiger partial charge in [0.2, 0.25) is 0 Å². The van der Waals surface area contributed by atoms with Crippen molar-refractivity contribution in [3.8, 4) is 0 Å². The van der Waals surface area contributed by atoms with E-state index in [9.17, 15) is 0 Å². The second-order valence-corrected chi connectivity index (χ2v) is 16.5. The minimum absolute atomic E-state index is 0.0584. The summed E-state index contributed by atoms with van der Waals surface area (Å²) in [6, 6.07) is 18.6. The molecule has 0 bridgehead atoms. The molecule has 0 atom stereocenters. The van der Waals surface area contributed by atoms with Crippen LogP contribution in [0.5, 0.6) is 0 Å². The molecule has 0 aromatic heterocycles. The van der Waals surface area contributed by atoms with Crippen molar-refractivity contribution in [2.24, 2.45) is 0 Å². The third-order valence-corrected chi connectivity index (χ3v) is 10.9. The first kappa shape index (κ1) is 38.0. The van der Waals surface area contributed by atoms with Gasteiger partial charge in [0.25, 0.3) is 0 Å². The highest BCUT2D eigenvalue weighted by Gasteiger charge is 2.34. The first-order chi connectivity index (χ1) is 20.8. The zero-order chi connectivity index (χ0) is 31.2. The first-order valence-corrected chi connectivity index (χ1v) is 19.5. The molecule has 2 aromatic rings. The zero-order valence-corrected chi connectivity index (χ0v) is 30.4. The van der Waals surface area contributed by atoms with Gasteiger partial charge in [0, 0.05) is 9.49 Å². The van der Waals surface area contributed by atoms with Crippen LogP contribution < -0.4 is 0 Å². The second-order valence-electron chi connectivity index (χ2n) is 14.3. The van der Waals surface area contributed by atoms with Crippen molar-refractivity contribution in [2.45, 2.75) is 192 Å². The molecule has 0 unspecified atom stereocenters.